The molecule has 0 aromatic heterocycles. The van der Waals surface area contributed by atoms with Gasteiger partial charge in [0.05, 0.1) is 6.04 Å². The summed E-state index contributed by atoms with van der Waals surface area (Å²) in [6, 6.07) is 5.31. The van der Waals surface area contributed by atoms with E-state index >= 15 is 0 Å². The van der Waals surface area contributed by atoms with Crippen molar-refractivity contribution in [3.05, 3.63) is 35.9 Å². The van der Waals surface area contributed by atoms with Gasteiger partial charge in [0, 0.05) is 6.42 Å². The maximum absolute atomic E-state index is 13.2. The van der Waals surface area contributed by atoms with Crippen molar-refractivity contribution >= 4 is 23.7 Å². The second-order valence-electron chi connectivity index (χ2n) is 10.7. The number of benzene rings is 1. The Kier molecular flexibility index (Phi) is 13.2. The summed E-state index contributed by atoms with van der Waals surface area (Å²) in [5.41, 5.74) is 6.77. The van der Waals surface area contributed by atoms with Crippen molar-refractivity contribution in [2.24, 2.45) is 23.5 Å². The molecule has 3 amide bonds. The van der Waals surface area contributed by atoms with Crippen LogP contribution in [0, 0.1) is 17.8 Å². The van der Waals surface area contributed by atoms with E-state index in [1.807, 2.05) is 47.6 Å². The van der Waals surface area contributed by atoms with E-state index in [0.717, 1.165) is 5.56 Å². The molecule has 0 saturated heterocycles. The quantitative estimate of drug-likeness (QED) is 0.247. The van der Waals surface area contributed by atoms with Gasteiger partial charge in [-0.2, -0.15) is 0 Å². The third kappa shape index (κ3) is 11.7. The summed E-state index contributed by atoms with van der Waals surface area (Å²) in [5, 5.41) is 17.7. The van der Waals surface area contributed by atoms with Crippen molar-refractivity contribution in [2.75, 3.05) is 0 Å². The zero-order chi connectivity index (χ0) is 27.4. The predicted molar refractivity (Wildman–Crippen MR) is 140 cm³/mol. The summed E-state index contributed by atoms with van der Waals surface area (Å²) in [6.07, 6.45) is 1.28. The molecule has 1 aromatic carbocycles. The topological polar surface area (TPSA) is 151 Å². The maximum atomic E-state index is 13.2. The molecule has 202 valence electrons. The normalized spacial score (nSPS) is 14.7. The highest BCUT2D eigenvalue weighted by Gasteiger charge is 2.31. The third-order valence-corrected chi connectivity index (χ3v) is 5.64. The second-order valence-corrected chi connectivity index (χ2v) is 10.7. The van der Waals surface area contributed by atoms with Gasteiger partial charge in [-0.15, -0.1) is 0 Å². The Morgan fingerprint density at radius 1 is 0.694 bits per heavy atom. The largest absolute Gasteiger partial charge is 0.480 e. The van der Waals surface area contributed by atoms with Gasteiger partial charge < -0.3 is 26.8 Å². The van der Waals surface area contributed by atoms with Crippen LogP contribution < -0.4 is 21.7 Å². The predicted octanol–water partition coefficient (Wildman–Crippen LogP) is 2.23. The van der Waals surface area contributed by atoms with Crippen LogP contribution in [0.1, 0.15) is 66.4 Å². The molecule has 9 heteroatoms. The molecule has 0 bridgehead atoms. The molecule has 0 saturated carbocycles. The minimum absolute atomic E-state index is 0.0519. The molecule has 36 heavy (non-hydrogen) atoms. The maximum Gasteiger partial charge on any atom is 0.326 e. The Labute approximate surface area is 215 Å². The standard InChI is InChI=1S/C27H44N4O5/c1-16(2)12-20(28)24(32)29-21(13-17(3)4)25(33)30-22(14-18(5)6)26(34)31-23(27(35)36)15-19-10-8-7-9-11-19/h7-11,16-18,20-23H,12-15,28H2,1-6H3,(H,29,32)(H,30,33)(H,31,34)(H,35,36). The molecular weight excluding hydrogens is 460 g/mol. The summed E-state index contributed by atoms with van der Waals surface area (Å²) in [6.45, 7) is 11.6. The summed E-state index contributed by atoms with van der Waals surface area (Å²) >= 11 is 0. The molecule has 0 aliphatic heterocycles. The molecular formula is C27H44N4O5. The van der Waals surface area contributed by atoms with Crippen molar-refractivity contribution in [2.45, 2.75) is 91.4 Å². The van der Waals surface area contributed by atoms with Crippen LogP contribution in [0.15, 0.2) is 30.3 Å². The minimum Gasteiger partial charge on any atom is -0.480 e. The van der Waals surface area contributed by atoms with E-state index in [2.05, 4.69) is 16.0 Å². The second kappa shape index (κ2) is 15.2. The first-order valence-corrected chi connectivity index (χ1v) is 12.7. The average Bonchev–Trinajstić information content (AvgIpc) is 2.77. The van der Waals surface area contributed by atoms with Gasteiger partial charge in [0.25, 0.3) is 0 Å². The van der Waals surface area contributed by atoms with E-state index in [1.54, 1.807) is 24.3 Å². The van der Waals surface area contributed by atoms with Gasteiger partial charge in [-0.05, 0) is 42.6 Å². The Bertz CT molecular complexity index is 857. The van der Waals surface area contributed by atoms with Gasteiger partial charge >= 0.3 is 5.97 Å². The fraction of sp³-hybridized carbons (Fsp3) is 0.630. The lowest BCUT2D eigenvalue weighted by Crippen LogP contribution is -2.57. The molecule has 1 rings (SSSR count). The Morgan fingerprint density at radius 3 is 1.53 bits per heavy atom. The summed E-state index contributed by atoms with van der Waals surface area (Å²) in [4.78, 5) is 50.8. The third-order valence-electron chi connectivity index (χ3n) is 5.64. The van der Waals surface area contributed by atoms with E-state index in [1.165, 1.54) is 0 Å². The zero-order valence-corrected chi connectivity index (χ0v) is 22.4. The lowest BCUT2D eigenvalue weighted by Gasteiger charge is -2.27. The lowest BCUT2D eigenvalue weighted by atomic mass is 9.98. The van der Waals surface area contributed by atoms with E-state index in [0.29, 0.717) is 19.3 Å². The van der Waals surface area contributed by atoms with Gasteiger partial charge in [0.1, 0.15) is 18.1 Å². The highest BCUT2D eigenvalue weighted by molar-refractivity contribution is 5.94. The fourth-order valence-corrected chi connectivity index (χ4v) is 3.89. The number of nitrogens with one attached hydrogen (secondary N) is 3. The summed E-state index contributed by atoms with van der Waals surface area (Å²) in [5.74, 6) is -2.27. The van der Waals surface area contributed by atoms with Crippen LogP contribution in [0.4, 0.5) is 0 Å². The lowest BCUT2D eigenvalue weighted by molar-refractivity contribution is -0.142. The number of hydrogen-bond donors (Lipinski definition) is 5. The van der Waals surface area contributed by atoms with Gasteiger partial charge in [-0.3, -0.25) is 14.4 Å². The van der Waals surface area contributed by atoms with Crippen molar-refractivity contribution < 1.29 is 24.3 Å². The number of carbonyl (C=O) groups excluding carboxylic acids is 3. The van der Waals surface area contributed by atoms with Crippen LogP contribution in [0.2, 0.25) is 0 Å². The molecule has 0 fully saturated rings. The van der Waals surface area contributed by atoms with Crippen molar-refractivity contribution in [1.29, 1.82) is 0 Å². The number of amides is 3. The molecule has 0 radical (unpaired) electrons. The Morgan fingerprint density at radius 2 is 1.11 bits per heavy atom. The number of rotatable bonds is 15. The smallest absolute Gasteiger partial charge is 0.326 e. The van der Waals surface area contributed by atoms with Crippen LogP contribution in [-0.2, 0) is 25.6 Å². The number of carbonyl (C=O) groups is 4. The molecule has 0 aliphatic carbocycles. The molecule has 0 aliphatic rings. The van der Waals surface area contributed by atoms with E-state index in [-0.39, 0.29) is 24.2 Å². The van der Waals surface area contributed by atoms with Crippen LogP contribution in [-0.4, -0.2) is 53.0 Å². The van der Waals surface area contributed by atoms with Crippen LogP contribution >= 0.6 is 0 Å². The first kappa shape index (κ1) is 31.1. The monoisotopic (exact) mass is 504 g/mol. The summed E-state index contributed by atoms with van der Waals surface area (Å²) < 4.78 is 0. The Balaban J connectivity index is 2.99. The number of carboxylic acids is 1. The number of carboxylic acid groups (broad SMARTS) is 1. The SMILES string of the molecule is CC(C)CC(N)C(=O)NC(CC(C)C)C(=O)NC(CC(C)C)C(=O)NC(Cc1ccccc1)C(=O)O. The first-order valence-electron chi connectivity index (χ1n) is 12.7. The van der Waals surface area contributed by atoms with Crippen molar-refractivity contribution in [3.8, 4) is 0 Å². The number of nitrogens with two attached hydrogens (primary N) is 1. The highest BCUT2D eigenvalue weighted by Crippen LogP contribution is 2.11. The average molecular weight is 505 g/mol. The number of hydrogen-bond acceptors (Lipinski definition) is 5. The number of aliphatic carboxylic acids is 1. The molecule has 9 nitrogen and oxygen atoms in total. The van der Waals surface area contributed by atoms with Gasteiger partial charge in [-0.1, -0.05) is 71.9 Å². The van der Waals surface area contributed by atoms with E-state index in [4.69, 9.17) is 5.73 Å². The minimum atomic E-state index is -1.16. The van der Waals surface area contributed by atoms with Crippen LogP contribution in [0.25, 0.3) is 0 Å². The van der Waals surface area contributed by atoms with Crippen LogP contribution in [0.5, 0.6) is 0 Å². The first-order chi connectivity index (χ1) is 16.8. The molecule has 4 atom stereocenters. The zero-order valence-electron chi connectivity index (χ0n) is 22.4. The van der Waals surface area contributed by atoms with Crippen molar-refractivity contribution in [1.82, 2.24) is 16.0 Å². The van der Waals surface area contributed by atoms with E-state index < -0.39 is 47.9 Å². The van der Waals surface area contributed by atoms with Crippen LogP contribution in [0.3, 0.4) is 0 Å². The summed E-state index contributed by atoms with van der Waals surface area (Å²) in [7, 11) is 0. The molecule has 0 heterocycles. The molecule has 1 aromatic rings. The van der Waals surface area contributed by atoms with Gasteiger partial charge in [0.2, 0.25) is 17.7 Å². The van der Waals surface area contributed by atoms with Crippen molar-refractivity contribution in [3.63, 3.8) is 0 Å². The molecule has 0 spiro atoms. The highest BCUT2D eigenvalue weighted by atomic mass is 16.4. The van der Waals surface area contributed by atoms with Gasteiger partial charge in [0.15, 0.2) is 0 Å². The Hall–Kier alpha value is -2.94. The van der Waals surface area contributed by atoms with E-state index in [9.17, 15) is 24.3 Å². The van der Waals surface area contributed by atoms with Gasteiger partial charge in [-0.25, -0.2) is 4.79 Å². The molecule has 4 unspecified atom stereocenters. The fourth-order valence-electron chi connectivity index (χ4n) is 3.89. The molecule has 6 N–H and O–H groups in total.